The minimum absolute atomic E-state index is 0.0578. The first kappa shape index (κ1) is 27.3. The molecule has 0 unspecified atom stereocenters. The van der Waals surface area contributed by atoms with Gasteiger partial charge in [0, 0.05) is 11.4 Å². The van der Waals surface area contributed by atoms with Crippen LogP contribution in [0, 0.1) is 6.92 Å². The van der Waals surface area contributed by atoms with Crippen molar-refractivity contribution < 1.29 is 33.1 Å². The lowest BCUT2D eigenvalue weighted by Gasteiger charge is -2.06. The molecule has 12 nitrogen and oxygen atoms in total. The summed E-state index contributed by atoms with van der Waals surface area (Å²) in [6.45, 7) is 3.77. The summed E-state index contributed by atoms with van der Waals surface area (Å²) in [6.07, 6.45) is 1.16. The molecule has 1 aromatic heterocycles. The summed E-state index contributed by atoms with van der Waals surface area (Å²) in [5.41, 5.74) is 4.18. The number of hydrogen-bond acceptors (Lipinski definition) is 8. The lowest BCUT2D eigenvalue weighted by atomic mass is 10.2. The van der Waals surface area contributed by atoms with E-state index in [-0.39, 0.29) is 18.9 Å². The number of anilines is 2. The second-order valence-corrected chi connectivity index (χ2v) is 7.76. The minimum Gasteiger partial charge on any atom is -0.462 e. The van der Waals surface area contributed by atoms with Crippen LogP contribution in [-0.4, -0.2) is 42.4 Å². The second kappa shape index (κ2) is 13.2. The third-order valence-corrected chi connectivity index (χ3v) is 4.84. The zero-order valence-electron chi connectivity index (χ0n) is 20.6. The van der Waals surface area contributed by atoms with Crippen molar-refractivity contribution in [2.75, 3.05) is 17.2 Å². The fraction of sp³-hybridized carbons (Fsp3) is 0.154. The molecule has 2 aromatic carbocycles. The van der Waals surface area contributed by atoms with Crippen LogP contribution in [0.2, 0.25) is 0 Å². The Hall–Kier alpha value is -5.26. The molecule has 0 spiro atoms. The van der Waals surface area contributed by atoms with Gasteiger partial charge in [0.25, 0.3) is 0 Å². The van der Waals surface area contributed by atoms with Crippen LogP contribution in [0.1, 0.15) is 34.4 Å². The summed E-state index contributed by atoms with van der Waals surface area (Å²) in [5.74, 6) is -3.60. The molecule has 0 aliphatic carbocycles. The van der Waals surface area contributed by atoms with Crippen LogP contribution < -0.4 is 21.4 Å². The van der Waals surface area contributed by atoms with E-state index in [1.54, 1.807) is 25.1 Å². The van der Waals surface area contributed by atoms with Crippen LogP contribution in [0.4, 0.5) is 11.4 Å². The zero-order chi connectivity index (χ0) is 27.5. The molecule has 0 radical (unpaired) electrons. The molecule has 0 saturated heterocycles. The van der Waals surface area contributed by atoms with Gasteiger partial charge in [0.05, 0.1) is 24.9 Å². The average Bonchev–Trinajstić information content (AvgIpc) is 3.36. The quantitative estimate of drug-likeness (QED) is 0.153. The van der Waals surface area contributed by atoms with Crippen molar-refractivity contribution in [3.8, 4) is 0 Å². The molecular formula is C26H25N5O7. The normalized spacial score (nSPS) is 10.5. The van der Waals surface area contributed by atoms with E-state index in [0.717, 1.165) is 11.8 Å². The van der Waals surface area contributed by atoms with Crippen LogP contribution in [0.15, 0.2) is 70.2 Å². The van der Waals surface area contributed by atoms with Crippen molar-refractivity contribution in [3.63, 3.8) is 0 Å². The number of hydrogen-bond donors (Lipinski definition) is 4. The summed E-state index contributed by atoms with van der Waals surface area (Å²) in [7, 11) is 0. The highest BCUT2D eigenvalue weighted by atomic mass is 16.5. The molecule has 0 aliphatic rings. The van der Waals surface area contributed by atoms with Crippen molar-refractivity contribution >= 4 is 47.2 Å². The second-order valence-electron chi connectivity index (χ2n) is 7.76. The Balaban J connectivity index is 1.42. The fourth-order valence-electron chi connectivity index (χ4n) is 2.93. The summed E-state index contributed by atoms with van der Waals surface area (Å²) in [6, 6.07) is 15.9. The molecular weight excluding hydrogens is 494 g/mol. The number of ether oxygens (including phenoxy) is 1. The number of furan rings is 1. The van der Waals surface area contributed by atoms with Gasteiger partial charge in [0.2, 0.25) is 0 Å². The van der Waals surface area contributed by atoms with Gasteiger partial charge in [-0.15, -0.1) is 0 Å². The van der Waals surface area contributed by atoms with Gasteiger partial charge >= 0.3 is 29.6 Å². The third-order valence-electron chi connectivity index (χ3n) is 4.84. The van der Waals surface area contributed by atoms with E-state index in [2.05, 4.69) is 26.5 Å². The summed E-state index contributed by atoms with van der Waals surface area (Å²) in [4.78, 5) is 59.7. The van der Waals surface area contributed by atoms with Gasteiger partial charge in [-0.25, -0.2) is 10.2 Å². The highest BCUT2D eigenvalue weighted by Gasteiger charge is 2.15. The smallest absolute Gasteiger partial charge is 0.338 e. The Labute approximate surface area is 217 Å². The molecule has 3 aromatic rings. The molecule has 4 amide bonds. The largest absolute Gasteiger partial charge is 0.462 e. The van der Waals surface area contributed by atoms with Crippen LogP contribution in [0.25, 0.3) is 0 Å². The lowest BCUT2D eigenvalue weighted by molar-refractivity contribution is -0.136. The monoisotopic (exact) mass is 519 g/mol. The first-order valence-electron chi connectivity index (χ1n) is 11.4. The van der Waals surface area contributed by atoms with Crippen molar-refractivity contribution in [3.05, 3.63) is 83.3 Å². The Morgan fingerprint density at radius 1 is 0.816 bits per heavy atom. The lowest BCUT2D eigenvalue weighted by Crippen LogP contribution is -2.34. The van der Waals surface area contributed by atoms with E-state index >= 15 is 0 Å². The third kappa shape index (κ3) is 8.16. The molecule has 196 valence electrons. The number of rotatable bonds is 8. The van der Waals surface area contributed by atoms with Gasteiger partial charge in [-0.1, -0.05) is 17.7 Å². The predicted octanol–water partition coefficient (Wildman–Crippen LogP) is 2.11. The molecule has 0 fully saturated rings. The number of carbonyl (C=O) groups excluding carboxylic acids is 5. The van der Waals surface area contributed by atoms with Gasteiger partial charge in [0.1, 0.15) is 11.5 Å². The van der Waals surface area contributed by atoms with Crippen LogP contribution in [-0.2, 0) is 30.5 Å². The maximum absolute atomic E-state index is 12.0. The topological polar surface area (TPSA) is 168 Å². The highest BCUT2D eigenvalue weighted by Crippen LogP contribution is 2.11. The van der Waals surface area contributed by atoms with Gasteiger partial charge in [-0.05, 0) is 62.4 Å². The predicted molar refractivity (Wildman–Crippen MR) is 137 cm³/mol. The number of amides is 4. The number of esters is 1. The number of nitrogens with zero attached hydrogens (tertiary/aromatic N) is 1. The molecule has 0 aliphatic heterocycles. The number of carbonyl (C=O) groups is 5. The van der Waals surface area contributed by atoms with Crippen molar-refractivity contribution in [1.82, 2.24) is 10.7 Å². The van der Waals surface area contributed by atoms with Crippen molar-refractivity contribution in [1.29, 1.82) is 0 Å². The maximum atomic E-state index is 12.0. The van der Waals surface area contributed by atoms with E-state index in [1.165, 1.54) is 30.3 Å². The molecule has 0 atom stereocenters. The van der Waals surface area contributed by atoms with Crippen molar-refractivity contribution in [2.45, 2.75) is 20.4 Å². The molecule has 3 rings (SSSR count). The van der Waals surface area contributed by atoms with Crippen LogP contribution >= 0.6 is 0 Å². The SMILES string of the molecule is CCOC(=O)c1ccc(NC(=O)C(=O)N/N=C/c2ccc(CNC(=O)C(=O)Nc3ccc(C)cc3)o2)cc1. The van der Waals surface area contributed by atoms with Gasteiger partial charge in [0.15, 0.2) is 0 Å². The standard InChI is InChI=1S/C26H25N5O7/c1-3-37-26(36)17-6-10-19(11-7-17)30-24(34)25(35)31-28-15-21-13-12-20(38-21)14-27-22(32)23(33)29-18-8-4-16(2)5-9-18/h4-13,15H,3,14H2,1-2H3,(H,27,32)(H,29,33)(H,30,34)(H,31,35)/b28-15+. The molecule has 1 heterocycles. The maximum Gasteiger partial charge on any atom is 0.338 e. The van der Waals surface area contributed by atoms with Gasteiger partial charge < -0.3 is 25.1 Å². The molecule has 0 bridgehead atoms. The summed E-state index contributed by atoms with van der Waals surface area (Å²) < 4.78 is 10.3. The van der Waals surface area contributed by atoms with E-state index in [1.807, 2.05) is 19.1 Å². The first-order valence-corrected chi connectivity index (χ1v) is 11.4. The Morgan fingerprint density at radius 3 is 2.05 bits per heavy atom. The number of hydrazone groups is 1. The zero-order valence-corrected chi connectivity index (χ0v) is 20.6. The van der Waals surface area contributed by atoms with E-state index < -0.39 is 29.6 Å². The van der Waals surface area contributed by atoms with Gasteiger partial charge in [-0.2, -0.15) is 5.10 Å². The Morgan fingerprint density at radius 2 is 1.42 bits per heavy atom. The molecule has 4 N–H and O–H groups in total. The molecule has 12 heteroatoms. The summed E-state index contributed by atoms with van der Waals surface area (Å²) in [5, 5.41) is 11.0. The average molecular weight is 520 g/mol. The summed E-state index contributed by atoms with van der Waals surface area (Å²) >= 11 is 0. The number of benzene rings is 2. The molecule has 0 saturated carbocycles. The molecule has 38 heavy (non-hydrogen) atoms. The number of aryl methyl sites for hydroxylation is 1. The number of nitrogens with one attached hydrogen (secondary N) is 4. The van der Waals surface area contributed by atoms with Crippen LogP contribution in [0.3, 0.4) is 0 Å². The van der Waals surface area contributed by atoms with Gasteiger partial charge in [-0.3, -0.25) is 19.2 Å². The van der Waals surface area contributed by atoms with E-state index in [9.17, 15) is 24.0 Å². The minimum atomic E-state index is -1.03. The van der Waals surface area contributed by atoms with Crippen LogP contribution in [0.5, 0.6) is 0 Å². The fourth-order valence-corrected chi connectivity index (χ4v) is 2.93. The van der Waals surface area contributed by atoms with E-state index in [4.69, 9.17) is 9.15 Å². The first-order chi connectivity index (χ1) is 18.2. The Kier molecular flexibility index (Phi) is 9.46. The van der Waals surface area contributed by atoms with Crippen molar-refractivity contribution in [2.24, 2.45) is 5.10 Å². The van der Waals surface area contributed by atoms with E-state index in [0.29, 0.717) is 22.7 Å². The highest BCUT2D eigenvalue weighted by molar-refractivity contribution is 6.40. The Bertz CT molecular complexity index is 1350.